The number of carbonyl (C=O) groups excluding carboxylic acids is 1. The normalized spacial score (nSPS) is 20.6. The fourth-order valence-electron chi connectivity index (χ4n) is 2.78. The molecular formula is C13H22O4. The van der Waals surface area contributed by atoms with Crippen molar-refractivity contribution in [3.63, 3.8) is 0 Å². The van der Waals surface area contributed by atoms with Crippen LogP contribution in [0.5, 0.6) is 0 Å². The van der Waals surface area contributed by atoms with Gasteiger partial charge in [0.15, 0.2) is 5.41 Å². The summed E-state index contributed by atoms with van der Waals surface area (Å²) in [6.45, 7) is 1.74. The van der Waals surface area contributed by atoms with Crippen molar-refractivity contribution in [2.75, 3.05) is 7.11 Å². The average molecular weight is 242 g/mol. The van der Waals surface area contributed by atoms with E-state index in [1.54, 1.807) is 6.92 Å². The fourth-order valence-corrected chi connectivity index (χ4v) is 2.78. The van der Waals surface area contributed by atoms with Crippen molar-refractivity contribution in [2.24, 2.45) is 11.3 Å². The highest BCUT2D eigenvalue weighted by atomic mass is 16.5. The minimum Gasteiger partial charge on any atom is -0.480 e. The molecule has 4 nitrogen and oxygen atoms in total. The molecule has 0 heterocycles. The molecule has 0 bridgehead atoms. The van der Waals surface area contributed by atoms with Crippen LogP contribution in [0.3, 0.4) is 0 Å². The van der Waals surface area contributed by atoms with E-state index in [1.165, 1.54) is 13.5 Å². The van der Waals surface area contributed by atoms with E-state index in [-0.39, 0.29) is 0 Å². The van der Waals surface area contributed by atoms with Gasteiger partial charge in [0, 0.05) is 0 Å². The third-order valence-corrected chi connectivity index (χ3v) is 3.95. The van der Waals surface area contributed by atoms with Crippen LogP contribution in [0.25, 0.3) is 0 Å². The molecule has 1 aliphatic rings. The first-order valence-electron chi connectivity index (χ1n) is 6.38. The Hall–Kier alpha value is -1.06. The number of carbonyl (C=O) groups is 2. The van der Waals surface area contributed by atoms with E-state index in [4.69, 9.17) is 0 Å². The molecular weight excluding hydrogens is 220 g/mol. The number of carboxylic acid groups (broad SMARTS) is 1. The second-order valence-corrected chi connectivity index (χ2v) is 4.94. The highest BCUT2D eigenvalue weighted by Crippen LogP contribution is 2.38. The lowest BCUT2D eigenvalue weighted by Crippen LogP contribution is -2.41. The summed E-state index contributed by atoms with van der Waals surface area (Å²) in [4.78, 5) is 23.2. The van der Waals surface area contributed by atoms with Gasteiger partial charge in [0.25, 0.3) is 0 Å². The number of esters is 1. The Morgan fingerprint density at radius 3 is 2.29 bits per heavy atom. The summed E-state index contributed by atoms with van der Waals surface area (Å²) in [5.74, 6) is -1.30. The lowest BCUT2D eigenvalue weighted by molar-refractivity contribution is -0.169. The maximum absolute atomic E-state index is 11.8. The van der Waals surface area contributed by atoms with Gasteiger partial charge in [-0.1, -0.05) is 39.0 Å². The average Bonchev–Trinajstić information content (AvgIpc) is 2.36. The minimum absolute atomic E-state index is 0.297. The van der Waals surface area contributed by atoms with Gasteiger partial charge in [-0.25, -0.2) is 0 Å². The molecule has 0 aromatic carbocycles. The van der Waals surface area contributed by atoms with E-state index in [0.29, 0.717) is 18.8 Å². The Kier molecular flexibility index (Phi) is 4.97. The number of methoxy groups -OCH3 is 1. The standard InChI is InChI=1S/C13H22O4/c1-3-13(11(14)15,12(16)17-2)9-10-7-5-4-6-8-10/h10H,3-9H2,1-2H3,(H,14,15)/t13-/m1/s1. The zero-order chi connectivity index (χ0) is 12.9. The topological polar surface area (TPSA) is 63.6 Å². The summed E-state index contributed by atoms with van der Waals surface area (Å²) >= 11 is 0. The van der Waals surface area contributed by atoms with Gasteiger partial charge in [-0.05, 0) is 18.8 Å². The molecule has 1 N–H and O–H groups in total. The molecule has 0 aromatic rings. The number of ether oxygens (including phenoxy) is 1. The summed E-state index contributed by atoms with van der Waals surface area (Å²) in [5, 5.41) is 9.36. The molecule has 1 aliphatic carbocycles. The Labute approximate surface area is 102 Å². The molecule has 0 amide bonds. The van der Waals surface area contributed by atoms with E-state index in [0.717, 1.165) is 25.7 Å². The van der Waals surface area contributed by atoms with Gasteiger partial charge in [-0.2, -0.15) is 0 Å². The van der Waals surface area contributed by atoms with E-state index >= 15 is 0 Å². The van der Waals surface area contributed by atoms with Crippen molar-refractivity contribution in [2.45, 2.75) is 51.9 Å². The predicted octanol–water partition coefficient (Wildman–Crippen LogP) is 2.61. The third kappa shape index (κ3) is 2.99. The summed E-state index contributed by atoms with van der Waals surface area (Å²) in [7, 11) is 1.26. The third-order valence-electron chi connectivity index (χ3n) is 3.95. The van der Waals surface area contributed by atoms with Gasteiger partial charge >= 0.3 is 11.9 Å². The molecule has 0 spiro atoms. The lowest BCUT2D eigenvalue weighted by Gasteiger charge is -2.31. The Bertz CT molecular complexity index is 281. The second-order valence-electron chi connectivity index (χ2n) is 4.94. The van der Waals surface area contributed by atoms with Crippen molar-refractivity contribution in [1.82, 2.24) is 0 Å². The Morgan fingerprint density at radius 2 is 1.88 bits per heavy atom. The lowest BCUT2D eigenvalue weighted by atomic mass is 9.73. The van der Waals surface area contributed by atoms with Crippen molar-refractivity contribution >= 4 is 11.9 Å². The number of aliphatic carboxylic acids is 1. The monoisotopic (exact) mass is 242 g/mol. The van der Waals surface area contributed by atoms with Crippen LogP contribution in [-0.4, -0.2) is 24.2 Å². The fraction of sp³-hybridized carbons (Fsp3) is 0.846. The Morgan fingerprint density at radius 1 is 1.29 bits per heavy atom. The molecule has 1 atom stereocenters. The van der Waals surface area contributed by atoms with E-state index < -0.39 is 17.4 Å². The van der Waals surface area contributed by atoms with Crippen LogP contribution in [0.4, 0.5) is 0 Å². The number of carboxylic acids is 1. The molecule has 0 aromatic heterocycles. The van der Waals surface area contributed by atoms with Gasteiger partial charge in [-0.3, -0.25) is 9.59 Å². The molecule has 98 valence electrons. The summed E-state index contributed by atoms with van der Waals surface area (Å²) in [6.07, 6.45) is 6.30. The van der Waals surface area contributed by atoms with Crippen molar-refractivity contribution in [1.29, 1.82) is 0 Å². The minimum atomic E-state index is -1.34. The number of rotatable bonds is 5. The molecule has 0 aliphatic heterocycles. The van der Waals surface area contributed by atoms with Crippen LogP contribution >= 0.6 is 0 Å². The van der Waals surface area contributed by atoms with E-state index in [1.807, 2.05) is 0 Å². The van der Waals surface area contributed by atoms with Crippen LogP contribution in [-0.2, 0) is 14.3 Å². The maximum atomic E-state index is 11.8. The highest BCUT2D eigenvalue weighted by Gasteiger charge is 2.47. The molecule has 0 unspecified atom stereocenters. The first-order chi connectivity index (χ1) is 8.06. The van der Waals surface area contributed by atoms with Gasteiger partial charge < -0.3 is 9.84 Å². The first-order valence-corrected chi connectivity index (χ1v) is 6.38. The van der Waals surface area contributed by atoms with Gasteiger partial charge in [0.2, 0.25) is 0 Å². The van der Waals surface area contributed by atoms with Crippen LogP contribution in [0.15, 0.2) is 0 Å². The van der Waals surface area contributed by atoms with Gasteiger partial charge in [0.05, 0.1) is 7.11 Å². The zero-order valence-corrected chi connectivity index (χ0v) is 10.7. The largest absolute Gasteiger partial charge is 0.480 e. The Balaban J connectivity index is 2.81. The quantitative estimate of drug-likeness (QED) is 0.594. The molecule has 0 saturated heterocycles. The number of hydrogen-bond donors (Lipinski definition) is 1. The predicted molar refractivity (Wildman–Crippen MR) is 63.6 cm³/mol. The van der Waals surface area contributed by atoms with E-state index in [9.17, 15) is 14.7 Å². The molecule has 0 radical (unpaired) electrons. The molecule has 4 heteroatoms. The van der Waals surface area contributed by atoms with Crippen molar-refractivity contribution in [3.05, 3.63) is 0 Å². The van der Waals surface area contributed by atoms with Crippen molar-refractivity contribution < 1.29 is 19.4 Å². The highest BCUT2D eigenvalue weighted by molar-refractivity contribution is 5.99. The van der Waals surface area contributed by atoms with Crippen LogP contribution in [0.1, 0.15) is 51.9 Å². The summed E-state index contributed by atoms with van der Waals surface area (Å²) in [5.41, 5.74) is -1.34. The SMILES string of the molecule is CC[C@@](CC1CCCCC1)(C(=O)O)C(=O)OC. The zero-order valence-electron chi connectivity index (χ0n) is 10.7. The molecule has 17 heavy (non-hydrogen) atoms. The second kappa shape index (κ2) is 6.03. The molecule has 1 saturated carbocycles. The van der Waals surface area contributed by atoms with Gasteiger partial charge in [-0.15, -0.1) is 0 Å². The summed E-state index contributed by atoms with van der Waals surface area (Å²) < 4.78 is 4.69. The van der Waals surface area contributed by atoms with Crippen LogP contribution in [0, 0.1) is 11.3 Å². The van der Waals surface area contributed by atoms with Crippen molar-refractivity contribution in [3.8, 4) is 0 Å². The molecule has 1 fully saturated rings. The maximum Gasteiger partial charge on any atom is 0.323 e. The van der Waals surface area contributed by atoms with Crippen LogP contribution < -0.4 is 0 Å². The van der Waals surface area contributed by atoms with E-state index in [2.05, 4.69) is 4.74 Å². The molecule has 1 rings (SSSR count). The summed E-state index contributed by atoms with van der Waals surface area (Å²) in [6, 6.07) is 0. The van der Waals surface area contributed by atoms with Gasteiger partial charge in [0.1, 0.15) is 0 Å². The number of hydrogen-bond acceptors (Lipinski definition) is 3. The first kappa shape index (κ1) is 14.0. The smallest absolute Gasteiger partial charge is 0.323 e. The van der Waals surface area contributed by atoms with Crippen LogP contribution in [0.2, 0.25) is 0 Å².